The number of nitrogens with one attached hydrogen (secondary N) is 2. The molecule has 18 heavy (non-hydrogen) atoms. The van der Waals surface area contributed by atoms with Crippen LogP contribution in [0.4, 0.5) is 0 Å². The Balaban J connectivity index is 2.73. The first kappa shape index (κ1) is 14.7. The third kappa shape index (κ3) is 4.49. The van der Waals surface area contributed by atoms with Gasteiger partial charge in [-0.2, -0.15) is 4.72 Å². The van der Waals surface area contributed by atoms with Crippen molar-refractivity contribution in [1.29, 1.82) is 0 Å². The van der Waals surface area contributed by atoms with E-state index < -0.39 is 10.0 Å². The third-order valence-electron chi connectivity index (χ3n) is 2.34. The van der Waals surface area contributed by atoms with E-state index >= 15 is 0 Å². The average Bonchev–Trinajstić information content (AvgIpc) is 2.37. The van der Waals surface area contributed by atoms with Crippen molar-refractivity contribution in [2.75, 3.05) is 13.1 Å². The molecule has 0 saturated carbocycles. The summed E-state index contributed by atoms with van der Waals surface area (Å²) in [4.78, 5) is 0.264. The van der Waals surface area contributed by atoms with Crippen LogP contribution >= 0.6 is 0 Å². The van der Waals surface area contributed by atoms with E-state index in [1.165, 1.54) is 0 Å². The van der Waals surface area contributed by atoms with Crippen LogP contribution in [0.1, 0.15) is 19.4 Å². The minimum absolute atomic E-state index is 0.137. The molecular formula is C13H18N2O2S. The van der Waals surface area contributed by atoms with Gasteiger partial charge in [0.15, 0.2) is 0 Å². The van der Waals surface area contributed by atoms with Gasteiger partial charge in [0.2, 0.25) is 10.0 Å². The molecule has 0 heterocycles. The SMILES string of the molecule is CC#CCNS(=O)(=O)c1ccc(CNCC)cc1. The molecule has 1 aromatic carbocycles. The predicted octanol–water partition coefficient (Wildman–Crippen LogP) is 1.10. The summed E-state index contributed by atoms with van der Waals surface area (Å²) in [5, 5.41) is 3.18. The fourth-order valence-corrected chi connectivity index (χ4v) is 2.28. The highest BCUT2D eigenvalue weighted by atomic mass is 32.2. The molecular weight excluding hydrogens is 248 g/mol. The molecule has 0 bridgehead atoms. The maximum Gasteiger partial charge on any atom is 0.241 e. The molecule has 0 spiro atoms. The molecule has 4 nitrogen and oxygen atoms in total. The largest absolute Gasteiger partial charge is 0.313 e. The molecule has 0 aromatic heterocycles. The van der Waals surface area contributed by atoms with Crippen molar-refractivity contribution in [1.82, 2.24) is 10.0 Å². The highest BCUT2D eigenvalue weighted by Gasteiger charge is 2.12. The molecule has 0 fully saturated rings. The van der Waals surface area contributed by atoms with E-state index in [1.54, 1.807) is 19.1 Å². The minimum Gasteiger partial charge on any atom is -0.313 e. The average molecular weight is 266 g/mol. The Morgan fingerprint density at radius 1 is 1.22 bits per heavy atom. The quantitative estimate of drug-likeness (QED) is 0.758. The van der Waals surface area contributed by atoms with Crippen molar-refractivity contribution >= 4 is 10.0 Å². The highest BCUT2D eigenvalue weighted by molar-refractivity contribution is 7.89. The zero-order valence-corrected chi connectivity index (χ0v) is 11.5. The lowest BCUT2D eigenvalue weighted by Gasteiger charge is -2.06. The molecule has 1 rings (SSSR count). The first-order valence-electron chi connectivity index (χ1n) is 5.79. The number of hydrogen-bond donors (Lipinski definition) is 2. The fourth-order valence-electron chi connectivity index (χ4n) is 1.36. The van der Waals surface area contributed by atoms with Gasteiger partial charge < -0.3 is 5.32 Å². The lowest BCUT2D eigenvalue weighted by atomic mass is 10.2. The van der Waals surface area contributed by atoms with Crippen LogP contribution in [0.2, 0.25) is 0 Å². The Morgan fingerprint density at radius 3 is 2.44 bits per heavy atom. The van der Waals surface area contributed by atoms with Gasteiger partial charge in [-0.3, -0.25) is 0 Å². The topological polar surface area (TPSA) is 58.2 Å². The Bertz CT molecular complexity index is 524. The van der Waals surface area contributed by atoms with Crippen molar-refractivity contribution in [3.63, 3.8) is 0 Å². The van der Waals surface area contributed by atoms with Gasteiger partial charge in [-0.15, -0.1) is 5.92 Å². The lowest BCUT2D eigenvalue weighted by molar-refractivity contribution is 0.586. The molecule has 0 unspecified atom stereocenters. The Hall–Kier alpha value is -1.35. The molecule has 5 heteroatoms. The number of sulfonamides is 1. The van der Waals surface area contributed by atoms with E-state index in [1.807, 2.05) is 19.1 Å². The van der Waals surface area contributed by atoms with Gasteiger partial charge in [-0.1, -0.05) is 25.0 Å². The van der Waals surface area contributed by atoms with Crippen molar-refractivity contribution in [2.24, 2.45) is 0 Å². The van der Waals surface area contributed by atoms with E-state index in [2.05, 4.69) is 21.9 Å². The zero-order valence-electron chi connectivity index (χ0n) is 10.7. The summed E-state index contributed by atoms with van der Waals surface area (Å²) in [6.45, 7) is 5.46. The van der Waals surface area contributed by atoms with Crippen LogP contribution in [0.3, 0.4) is 0 Å². The monoisotopic (exact) mass is 266 g/mol. The minimum atomic E-state index is -3.44. The Morgan fingerprint density at radius 2 is 1.89 bits per heavy atom. The molecule has 0 aliphatic heterocycles. The fraction of sp³-hybridized carbons (Fsp3) is 0.385. The third-order valence-corrected chi connectivity index (χ3v) is 3.76. The molecule has 0 amide bonds. The van der Waals surface area contributed by atoms with Crippen LogP contribution < -0.4 is 10.0 Å². The molecule has 0 aliphatic rings. The van der Waals surface area contributed by atoms with Crippen molar-refractivity contribution in [3.8, 4) is 11.8 Å². The van der Waals surface area contributed by atoms with Crippen LogP contribution in [-0.4, -0.2) is 21.5 Å². The summed E-state index contributed by atoms with van der Waals surface area (Å²) < 4.78 is 26.1. The Labute approximate surface area is 109 Å². The second kappa shape index (κ2) is 7.17. The lowest BCUT2D eigenvalue weighted by Crippen LogP contribution is -2.24. The molecule has 0 saturated heterocycles. The first-order chi connectivity index (χ1) is 8.60. The molecule has 0 atom stereocenters. The molecule has 0 radical (unpaired) electrons. The highest BCUT2D eigenvalue weighted by Crippen LogP contribution is 2.10. The molecule has 0 aliphatic carbocycles. The predicted molar refractivity (Wildman–Crippen MR) is 72.5 cm³/mol. The maximum absolute atomic E-state index is 11.8. The van der Waals surface area contributed by atoms with E-state index in [4.69, 9.17) is 0 Å². The van der Waals surface area contributed by atoms with Gasteiger partial charge in [0.1, 0.15) is 0 Å². The van der Waals surface area contributed by atoms with Gasteiger partial charge in [0, 0.05) is 6.54 Å². The summed E-state index contributed by atoms with van der Waals surface area (Å²) in [5.74, 6) is 5.30. The van der Waals surface area contributed by atoms with Gasteiger partial charge >= 0.3 is 0 Å². The van der Waals surface area contributed by atoms with E-state index in [0.717, 1.165) is 18.7 Å². The van der Waals surface area contributed by atoms with Crippen LogP contribution in [0, 0.1) is 11.8 Å². The summed E-state index contributed by atoms with van der Waals surface area (Å²) in [7, 11) is -3.44. The zero-order chi connectivity index (χ0) is 13.4. The van der Waals surface area contributed by atoms with E-state index in [0.29, 0.717) is 0 Å². The second-order valence-electron chi connectivity index (χ2n) is 3.68. The van der Waals surface area contributed by atoms with Crippen LogP contribution in [0.25, 0.3) is 0 Å². The van der Waals surface area contributed by atoms with Crippen LogP contribution in [0.15, 0.2) is 29.2 Å². The van der Waals surface area contributed by atoms with Crippen molar-refractivity contribution in [3.05, 3.63) is 29.8 Å². The van der Waals surface area contributed by atoms with E-state index in [-0.39, 0.29) is 11.4 Å². The van der Waals surface area contributed by atoms with Gasteiger partial charge in [0.05, 0.1) is 11.4 Å². The van der Waals surface area contributed by atoms with Gasteiger partial charge in [-0.05, 0) is 31.2 Å². The number of hydrogen-bond acceptors (Lipinski definition) is 3. The standard InChI is InChI=1S/C13H18N2O2S/c1-3-5-10-15-18(16,17)13-8-6-12(7-9-13)11-14-4-2/h6-9,14-15H,4,10-11H2,1-2H3. The van der Waals surface area contributed by atoms with Gasteiger partial charge in [-0.25, -0.2) is 8.42 Å². The summed E-state index contributed by atoms with van der Waals surface area (Å²) in [6, 6.07) is 6.83. The second-order valence-corrected chi connectivity index (χ2v) is 5.44. The summed E-state index contributed by atoms with van der Waals surface area (Å²) in [5.41, 5.74) is 1.06. The molecule has 98 valence electrons. The van der Waals surface area contributed by atoms with Crippen molar-refractivity contribution in [2.45, 2.75) is 25.3 Å². The normalized spacial score (nSPS) is 10.8. The number of benzene rings is 1. The first-order valence-corrected chi connectivity index (χ1v) is 7.27. The smallest absolute Gasteiger partial charge is 0.241 e. The molecule has 1 aromatic rings. The van der Waals surface area contributed by atoms with E-state index in [9.17, 15) is 8.42 Å². The van der Waals surface area contributed by atoms with Crippen molar-refractivity contribution < 1.29 is 8.42 Å². The van der Waals surface area contributed by atoms with Gasteiger partial charge in [0.25, 0.3) is 0 Å². The van der Waals surface area contributed by atoms with Crippen LogP contribution in [-0.2, 0) is 16.6 Å². The number of rotatable bonds is 6. The van der Waals surface area contributed by atoms with Crippen LogP contribution in [0.5, 0.6) is 0 Å². The summed E-state index contributed by atoms with van der Waals surface area (Å²) >= 11 is 0. The Kier molecular flexibility index (Phi) is 5.86. The maximum atomic E-state index is 11.8. The molecule has 2 N–H and O–H groups in total. The summed E-state index contributed by atoms with van der Waals surface area (Å²) in [6.07, 6.45) is 0.